The first-order valence-corrected chi connectivity index (χ1v) is 6.77. The minimum atomic E-state index is 0.272. The third-order valence-electron chi connectivity index (χ3n) is 3.29. The summed E-state index contributed by atoms with van der Waals surface area (Å²) in [5.74, 6) is 0.930. The second-order valence-electron chi connectivity index (χ2n) is 5.33. The highest BCUT2D eigenvalue weighted by molar-refractivity contribution is 5.67. The van der Waals surface area contributed by atoms with Gasteiger partial charge in [0.15, 0.2) is 0 Å². The number of hydrogen-bond donors (Lipinski definition) is 2. The molecule has 0 aliphatic rings. The molecule has 0 saturated heterocycles. The SMILES string of the molecule is CN(C)c1cccc(N(C)C)c1CNc1nc(N)nn1C. The number of hydrogen-bond acceptors (Lipinski definition) is 6. The number of nitrogen functional groups attached to an aromatic ring is 1. The van der Waals surface area contributed by atoms with Crippen molar-refractivity contribution >= 4 is 23.3 Å². The molecular formula is C14H23N7. The number of anilines is 4. The van der Waals surface area contributed by atoms with Gasteiger partial charge >= 0.3 is 0 Å². The first-order chi connectivity index (χ1) is 9.90. The lowest BCUT2D eigenvalue weighted by Gasteiger charge is -2.24. The average molecular weight is 289 g/mol. The Morgan fingerprint density at radius 2 is 1.71 bits per heavy atom. The monoisotopic (exact) mass is 289 g/mol. The Kier molecular flexibility index (Phi) is 4.21. The van der Waals surface area contributed by atoms with Gasteiger partial charge in [-0.2, -0.15) is 4.98 Å². The lowest BCUT2D eigenvalue weighted by atomic mass is 10.1. The lowest BCUT2D eigenvalue weighted by Crippen LogP contribution is -2.18. The molecule has 0 bridgehead atoms. The number of aromatic nitrogens is 3. The van der Waals surface area contributed by atoms with E-state index in [0.29, 0.717) is 12.5 Å². The van der Waals surface area contributed by atoms with Crippen LogP contribution >= 0.6 is 0 Å². The molecule has 0 aliphatic heterocycles. The van der Waals surface area contributed by atoms with E-state index in [9.17, 15) is 0 Å². The van der Waals surface area contributed by atoms with Crippen molar-refractivity contribution in [2.24, 2.45) is 7.05 Å². The molecule has 2 aromatic rings. The van der Waals surface area contributed by atoms with Crippen molar-refractivity contribution in [1.82, 2.24) is 14.8 Å². The van der Waals surface area contributed by atoms with Gasteiger partial charge in [0.25, 0.3) is 0 Å². The van der Waals surface area contributed by atoms with Crippen molar-refractivity contribution in [3.8, 4) is 0 Å². The molecular weight excluding hydrogens is 266 g/mol. The fraction of sp³-hybridized carbons (Fsp3) is 0.429. The first kappa shape index (κ1) is 15.0. The summed E-state index contributed by atoms with van der Waals surface area (Å²) >= 11 is 0. The Labute approximate surface area is 125 Å². The molecule has 0 aliphatic carbocycles. The van der Waals surface area contributed by atoms with E-state index in [0.717, 1.165) is 0 Å². The van der Waals surface area contributed by atoms with Crippen LogP contribution in [-0.2, 0) is 13.6 Å². The molecule has 0 saturated carbocycles. The molecule has 0 fully saturated rings. The molecule has 0 spiro atoms. The van der Waals surface area contributed by atoms with E-state index in [1.54, 1.807) is 4.68 Å². The predicted molar refractivity (Wildman–Crippen MR) is 87.8 cm³/mol. The number of benzene rings is 1. The van der Waals surface area contributed by atoms with Gasteiger partial charge in [0.1, 0.15) is 0 Å². The smallest absolute Gasteiger partial charge is 0.241 e. The molecule has 1 aromatic heterocycles. The Balaban J connectivity index is 2.31. The van der Waals surface area contributed by atoms with Crippen LogP contribution in [0.25, 0.3) is 0 Å². The molecule has 0 amide bonds. The number of rotatable bonds is 5. The summed E-state index contributed by atoms with van der Waals surface area (Å²) in [6.07, 6.45) is 0. The van der Waals surface area contributed by atoms with Gasteiger partial charge in [-0.3, -0.25) is 0 Å². The van der Waals surface area contributed by atoms with Gasteiger partial charge in [0.05, 0.1) is 0 Å². The van der Waals surface area contributed by atoms with Gasteiger partial charge in [-0.15, -0.1) is 5.10 Å². The third-order valence-corrected chi connectivity index (χ3v) is 3.29. The number of nitrogens with two attached hydrogens (primary N) is 1. The van der Waals surface area contributed by atoms with Gasteiger partial charge in [-0.05, 0) is 12.1 Å². The van der Waals surface area contributed by atoms with Crippen molar-refractivity contribution in [2.75, 3.05) is 49.0 Å². The van der Waals surface area contributed by atoms with E-state index >= 15 is 0 Å². The summed E-state index contributed by atoms with van der Waals surface area (Å²) in [6.45, 7) is 0.647. The van der Waals surface area contributed by atoms with Crippen LogP contribution in [-0.4, -0.2) is 43.0 Å². The Morgan fingerprint density at radius 3 is 2.14 bits per heavy atom. The fourth-order valence-corrected chi connectivity index (χ4v) is 2.31. The normalized spacial score (nSPS) is 10.5. The number of aryl methyl sites for hydroxylation is 1. The maximum atomic E-state index is 5.61. The quantitative estimate of drug-likeness (QED) is 0.860. The van der Waals surface area contributed by atoms with Crippen molar-refractivity contribution < 1.29 is 0 Å². The van der Waals surface area contributed by atoms with Crippen LogP contribution in [0.4, 0.5) is 23.3 Å². The van der Waals surface area contributed by atoms with E-state index in [4.69, 9.17) is 5.73 Å². The molecule has 0 radical (unpaired) electrons. The van der Waals surface area contributed by atoms with Crippen LogP contribution < -0.4 is 20.9 Å². The van der Waals surface area contributed by atoms with Crippen LogP contribution in [0.5, 0.6) is 0 Å². The van der Waals surface area contributed by atoms with Crippen molar-refractivity contribution in [1.29, 1.82) is 0 Å². The van der Waals surface area contributed by atoms with Crippen LogP contribution in [0.15, 0.2) is 18.2 Å². The molecule has 7 heteroatoms. The largest absolute Gasteiger partial charge is 0.377 e. The fourth-order valence-electron chi connectivity index (χ4n) is 2.31. The van der Waals surface area contributed by atoms with Gasteiger partial charge < -0.3 is 20.9 Å². The van der Waals surface area contributed by atoms with Crippen molar-refractivity contribution in [3.05, 3.63) is 23.8 Å². The zero-order chi connectivity index (χ0) is 15.6. The molecule has 114 valence electrons. The van der Waals surface area contributed by atoms with Gasteiger partial charge in [-0.25, -0.2) is 4.68 Å². The Morgan fingerprint density at radius 1 is 1.14 bits per heavy atom. The zero-order valence-corrected chi connectivity index (χ0v) is 13.3. The van der Waals surface area contributed by atoms with Gasteiger partial charge in [-0.1, -0.05) is 6.07 Å². The molecule has 1 heterocycles. The topological polar surface area (TPSA) is 75.2 Å². The maximum absolute atomic E-state index is 5.61. The third kappa shape index (κ3) is 3.18. The van der Waals surface area contributed by atoms with Crippen LogP contribution in [0, 0.1) is 0 Å². The maximum Gasteiger partial charge on any atom is 0.241 e. The van der Waals surface area contributed by atoms with Crippen molar-refractivity contribution in [3.63, 3.8) is 0 Å². The molecule has 3 N–H and O–H groups in total. The lowest BCUT2D eigenvalue weighted by molar-refractivity contribution is 0.770. The summed E-state index contributed by atoms with van der Waals surface area (Å²) < 4.78 is 1.64. The standard InChI is InChI=1S/C14H23N7/c1-19(2)11-7-6-8-12(20(3)4)10(11)9-16-14-17-13(15)18-21(14)5/h6-8H,9H2,1-5H3,(H3,15,16,17,18). The minimum absolute atomic E-state index is 0.272. The summed E-state index contributed by atoms with van der Waals surface area (Å²) in [6, 6.07) is 6.28. The highest BCUT2D eigenvalue weighted by Crippen LogP contribution is 2.29. The molecule has 0 unspecified atom stereocenters. The molecule has 0 atom stereocenters. The molecule has 21 heavy (non-hydrogen) atoms. The molecule has 7 nitrogen and oxygen atoms in total. The van der Waals surface area contributed by atoms with Crippen LogP contribution in [0.1, 0.15) is 5.56 Å². The van der Waals surface area contributed by atoms with Crippen molar-refractivity contribution in [2.45, 2.75) is 6.54 Å². The molecule has 2 rings (SSSR count). The van der Waals surface area contributed by atoms with Gasteiger partial charge in [0.2, 0.25) is 11.9 Å². The first-order valence-electron chi connectivity index (χ1n) is 6.77. The van der Waals surface area contributed by atoms with Crippen LogP contribution in [0.2, 0.25) is 0 Å². The summed E-state index contributed by atoms with van der Waals surface area (Å²) in [7, 11) is 9.98. The molecule has 1 aromatic carbocycles. The summed E-state index contributed by atoms with van der Waals surface area (Å²) in [5.41, 5.74) is 9.15. The number of nitrogens with zero attached hydrogens (tertiary/aromatic N) is 5. The van der Waals surface area contributed by atoms with E-state index in [-0.39, 0.29) is 5.95 Å². The van der Waals surface area contributed by atoms with Gasteiger partial charge in [0, 0.05) is 58.7 Å². The van der Waals surface area contributed by atoms with E-state index in [1.165, 1.54) is 16.9 Å². The van der Waals surface area contributed by atoms with E-state index in [1.807, 2.05) is 35.2 Å². The minimum Gasteiger partial charge on any atom is -0.377 e. The highest BCUT2D eigenvalue weighted by atomic mass is 15.4. The second-order valence-corrected chi connectivity index (χ2v) is 5.33. The predicted octanol–water partition coefficient (Wildman–Crippen LogP) is 1.14. The summed E-state index contributed by atoms with van der Waals surface area (Å²) in [5, 5.41) is 7.34. The summed E-state index contributed by atoms with van der Waals surface area (Å²) in [4.78, 5) is 8.38. The Hall–Kier alpha value is -2.44. The Bertz CT molecular complexity index is 590. The average Bonchev–Trinajstić information content (AvgIpc) is 2.73. The van der Waals surface area contributed by atoms with Crippen LogP contribution in [0.3, 0.4) is 0 Å². The van der Waals surface area contributed by atoms with E-state index in [2.05, 4.69) is 43.4 Å². The second kappa shape index (κ2) is 5.90. The highest BCUT2D eigenvalue weighted by Gasteiger charge is 2.13. The van der Waals surface area contributed by atoms with E-state index < -0.39 is 0 Å². The zero-order valence-electron chi connectivity index (χ0n) is 13.3. The number of nitrogens with one attached hydrogen (secondary N) is 1.